The van der Waals surface area contributed by atoms with Crippen molar-refractivity contribution >= 4 is 33.4 Å². The van der Waals surface area contributed by atoms with Crippen molar-refractivity contribution in [1.82, 2.24) is 4.98 Å². The van der Waals surface area contributed by atoms with E-state index in [-0.39, 0.29) is 0 Å². The van der Waals surface area contributed by atoms with Crippen molar-refractivity contribution in [3.8, 4) is 0 Å². The van der Waals surface area contributed by atoms with Crippen LogP contribution in [0.4, 0.5) is 0 Å². The molecule has 0 saturated carbocycles. The highest BCUT2D eigenvalue weighted by Crippen LogP contribution is 2.28. The Morgan fingerprint density at radius 2 is 1.76 bits per heavy atom. The Kier molecular flexibility index (Phi) is 2.49. The maximum absolute atomic E-state index is 6.07. The van der Waals surface area contributed by atoms with Gasteiger partial charge in [-0.15, -0.1) is 0 Å². The molecule has 0 atom stereocenters. The highest BCUT2D eigenvalue weighted by atomic mass is 35.5. The van der Waals surface area contributed by atoms with Gasteiger partial charge in [-0.1, -0.05) is 36.7 Å². The van der Waals surface area contributed by atoms with Crippen LogP contribution in [0.5, 0.6) is 0 Å². The van der Waals surface area contributed by atoms with E-state index in [1.165, 1.54) is 16.3 Å². The van der Waals surface area contributed by atoms with Gasteiger partial charge in [-0.2, -0.15) is 0 Å². The third kappa shape index (κ3) is 1.67. The molecule has 1 nitrogen and oxygen atoms in total. The Hall–Kier alpha value is -1.60. The van der Waals surface area contributed by atoms with Gasteiger partial charge in [-0.25, -0.2) is 4.98 Å². The molecule has 3 rings (SSSR count). The van der Waals surface area contributed by atoms with Crippen LogP contribution in [0.3, 0.4) is 0 Å². The van der Waals surface area contributed by atoms with Crippen molar-refractivity contribution in [3.05, 3.63) is 53.1 Å². The van der Waals surface area contributed by atoms with Crippen LogP contribution in [0.2, 0.25) is 5.02 Å². The van der Waals surface area contributed by atoms with Crippen LogP contribution in [0.15, 0.2) is 42.5 Å². The molecule has 0 saturated heterocycles. The highest BCUT2D eigenvalue weighted by Gasteiger charge is 2.07. The summed E-state index contributed by atoms with van der Waals surface area (Å²) in [5, 5.41) is 3.16. The monoisotopic (exact) mass is 241 g/mol. The average molecular weight is 242 g/mol. The Balaban J connectivity index is 2.54. The third-order valence-corrected chi connectivity index (χ3v) is 3.34. The van der Waals surface area contributed by atoms with Gasteiger partial charge in [0.25, 0.3) is 0 Å². The summed E-state index contributed by atoms with van der Waals surface area (Å²) in [5.74, 6) is 0. The molecule has 0 aliphatic carbocycles. The number of para-hydroxylation sites is 1. The van der Waals surface area contributed by atoms with Crippen LogP contribution in [-0.4, -0.2) is 4.98 Å². The van der Waals surface area contributed by atoms with Crippen molar-refractivity contribution in [1.29, 1.82) is 0 Å². The van der Waals surface area contributed by atoms with E-state index in [1.807, 2.05) is 24.3 Å². The Morgan fingerprint density at radius 3 is 2.59 bits per heavy atom. The van der Waals surface area contributed by atoms with Crippen LogP contribution >= 0.6 is 11.6 Å². The van der Waals surface area contributed by atoms with E-state index in [4.69, 9.17) is 11.6 Å². The van der Waals surface area contributed by atoms with Crippen molar-refractivity contribution in [2.75, 3.05) is 0 Å². The lowest BCUT2D eigenvalue weighted by Crippen LogP contribution is -1.90. The molecule has 0 spiro atoms. The van der Waals surface area contributed by atoms with Gasteiger partial charge in [0.15, 0.2) is 0 Å². The second kappa shape index (κ2) is 4.01. The molecule has 1 heterocycles. The summed E-state index contributed by atoms with van der Waals surface area (Å²) in [6.07, 6.45) is 0.986. The third-order valence-electron chi connectivity index (χ3n) is 3.11. The van der Waals surface area contributed by atoms with Gasteiger partial charge in [0.1, 0.15) is 0 Å². The fourth-order valence-corrected chi connectivity index (χ4v) is 2.50. The smallest absolute Gasteiger partial charge is 0.0713 e. The van der Waals surface area contributed by atoms with E-state index >= 15 is 0 Å². The van der Waals surface area contributed by atoms with Crippen molar-refractivity contribution in [2.24, 2.45) is 0 Å². The number of fused-ring (bicyclic) bond motifs is 2. The molecule has 0 fully saturated rings. The molecule has 0 unspecified atom stereocenters. The minimum atomic E-state index is 0.768. The van der Waals surface area contributed by atoms with Crippen LogP contribution in [0.1, 0.15) is 12.5 Å². The van der Waals surface area contributed by atoms with Gasteiger partial charge >= 0.3 is 0 Å². The molecule has 0 bridgehead atoms. The molecule has 3 aromatic rings. The topological polar surface area (TPSA) is 12.9 Å². The number of halogens is 1. The van der Waals surface area contributed by atoms with Gasteiger partial charge in [-0.05, 0) is 36.2 Å². The quantitative estimate of drug-likeness (QED) is 0.567. The summed E-state index contributed by atoms with van der Waals surface area (Å²) < 4.78 is 0. The number of hydrogen-bond donors (Lipinski definition) is 0. The number of nitrogens with zero attached hydrogens (tertiary/aromatic N) is 1. The number of aromatic nitrogens is 1. The standard InChI is InChI=1S/C15H12ClN/c1-2-11-12-5-3-4-6-14(12)17-15-8-7-10(16)9-13(11)15/h3-9H,2H2,1H3. The lowest BCUT2D eigenvalue weighted by Gasteiger charge is -2.09. The summed E-state index contributed by atoms with van der Waals surface area (Å²) in [7, 11) is 0. The first-order chi connectivity index (χ1) is 8.29. The number of hydrogen-bond acceptors (Lipinski definition) is 1. The lowest BCUT2D eigenvalue weighted by atomic mass is 10.0. The van der Waals surface area contributed by atoms with E-state index in [9.17, 15) is 0 Å². The highest BCUT2D eigenvalue weighted by molar-refractivity contribution is 6.31. The number of benzene rings is 2. The maximum atomic E-state index is 6.07. The summed E-state index contributed by atoms with van der Waals surface area (Å²) in [6, 6.07) is 14.2. The van der Waals surface area contributed by atoms with Crippen molar-refractivity contribution in [2.45, 2.75) is 13.3 Å². The van der Waals surface area contributed by atoms with Crippen LogP contribution < -0.4 is 0 Å². The van der Waals surface area contributed by atoms with Crippen LogP contribution in [-0.2, 0) is 6.42 Å². The van der Waals surface area contributed by atoms with Gasteiger partial charge < -0.3 is 0 Å². The van der Waals surface area contributed by atoms with Crippen LogP contribution in [0.25, 0.3) is 21.8 Å². The molecule has 0 radical (unpaired) electrons. The SMILES string of the molecule is CCc1c2ccccc2nc2ccc(Cl)cc12. The first-order valence-corrected chi connectivity index (χ1v) is 6.14. The first kappa shape index (κ1) is 10.5. The lowest BCUT2D eigenvalue weighted by molar-refractivity contribution is 1.17. The zero-order valence-corrected chi connectivity index (χ0v) is 10.3. The Labute approximate surface area is 105 Å². The first-order valence-electron chi connectivity index (χ1n) is 5.76. The predicted molar refractivity (Wildman–Crippen MR) is 73.6 cm³/mol. The molecule has 17 heavy (non-hydrogen) atoms. The zero-order chi connectivity index (χ0) is 11.8. The molecule has 2 heteroatoms. The fraction of sp³-hybridized carbons (Fsp3) is 0.133. The van der Waals surface area contributed by atoms with Gasteiger partial charge in [0.2, 0.25) is 0 Å². The van der Waals surface area contributed by atoms with E-state index in [1.54, 1.807) is 0 Å². The van der Waals surface area contributed by atoms with Crippen LogP contribution in [0, 0.1) is 0 Å². The molecule has 1 aromatic heterocycles. The summed E-state index contributed by atoms with van der Waals surface area (Å²) in [6.45, 7) is 2.17. The summed E-state index contributed by atoms with van der Waals surface area (Å²) in [5.41, 5.74) is 3.40. The fourth-order valence-electron chi connectivity index (χ4n) is 2.33. The normalized spacial score (nSPS) is 11.2. The van der Waals surface area contributed by atoms with E-state index in [2.05, 4.69) is 30.1 Å². The molecule has 0 aliphatic rings. The molecule has 2 aromatic carbocycles. The van der Waals surface area contributed by atoms with Crippen molar-refractivity contribution in [3.63, 3.8) is 0 Å². The summed E-state index contributed by atoms with van der Waals surface area (Å²) >= 11 is 6.07. The molecular weight excluding hydrogens is 230 g/mol. The molecule has 0 amide bonds. The largest absolute Gasteiger partial charge is 0.248 e. The van der Waals surface area contributed by atoms with E-state index < -0.39 is 0 Å². The molecule has 0 aliphatic heterocycles. The second-order valence-corrected chi connectivity index (χ2v) is 4.56. The van der Waals surface area contributed by atoms with E-state index in [0.717, 1.165) is 22.5 Å². The molecular formula is C15H12ClN. The van der Waals surface area contributed by atoms with Gasteiger partial charge in [0.05, 0.1) is 11.0 Å². The van der Waals surface area contributed by atoms with Gasteiger partial charge in [0, 0.05) is 15.8 Å². The second-order valence-electron chi connectivity index (χ2n) is 4.12. The van der Waals surface area contributed by atoms with Gasteiger partial charge in [-0.3, -0.25) is 0 Å². The van der Waals surface area contributed by atoms with Crippen molar-refractivity contribution < 1.29 is 0 Å². The maximum Gasteiger partial charge on any atom is 0.0713 e. The minimum Gasteiger partial charge on any atom is -0.248 e. The average Bonchev–Trinajstić information content (AvgIpc) is 2.36. The Bertz CT molecular complexity index is 704. The predicted octanol–water partition coefficient (Wildman–Crippen LogP) is 4.60. The molecule has 84 valence electrons. The number of pyridine rings is 1. The van der Waals surface area contributed by atoms with E-state index in [0.29, 0.717) is 0 Å². The Morgan fingerprint density at radius 1 is 1.00 bits per heavy atom. The summed E-state index contributed by atoms with van der Waals surface area (Å²) in [4.78, 5) is 4.67. The number of aryl methyl sites for hydroxylation is 1. The zero-order valence-electron chi connectivity index (χ0n) is 9.57. The number of rotatable bonds is 1. The minimum absolute atomic E-state index is 0.768. The molecule has 0 N–H and O–H groups in total.